The van der Waals surface area contributed by atoms with Crippen LogP contribution in [0, 0.1) is 23.2 Å². The van der Waals surface area contributed by atoms with Crippen molar-refractivity contribution in [2.75, 3.05) is 0 Å². The third kappa shape index (κ3) is 5.89. The van der Waals surface area contributed by atoms with Crippen LogP contribution in [0.1, 0.15) is 85.5 Å². The largest absolute Gasteiger partial charge is 0.462 e. The molecule has 2 N–H and O–H groups in total. The lowest BCUT2D eigenvalue weighted by Gasteiger charge is -2.44. The molecule has 7 atom stereocenters. The number of esters is 2. The molecule has 2 aliphatic carbocycles. The van der Waals surface area contributed by atoms with E-state index in [1.54, 1.807) is 0 Å². The number of cyclic esters (lactones) is 1. The highest BCUT2D eigenvalue weighted by Gasteiger charge is 2.45. The van der Waals surface area contributed by atoms with Crippen molar-refractivity contribution in [3.63, 3.8) is 0 Å². The minimum absolute atomic E-state index is 0.00889. The van der Waals surface area contributed by atoms with Crippen molar-refractivity contribution in [2.24, 2.45) is 23.2 Å². The average Bonchev–Trinajstić information content (AvgIpc) is 2.76. The molecule has 6 heteroatoms. The maximum absolute atomic E-state index is 13.4. The molecule has 0 radical (unpaired) electrons. The summed E-state index contributed by atoms with van der Waals surface area (Å²) in [5.41, 5.74) is 0.559. The van der Waals surface area contributed by atoms with Crippen LogP contribution in [0.5, 0.6) is 0 Å². The first-order valence-electron chi connectivity index (χ1n) is 12.9. The standard InChI is InChI=1S/C27H42O6/c1-5-12-27(6-2,7-3)26(31)33-23-15-19(28)13-18-9-8-17(4)22(25(18)23)11-10-21-14-20(29)16-24(30)32-21/h8-9,13,17,19-23,25,28-29H,5-7,10-12,14-16H2,1-4H3/t17-,19+,20+,21+,22-,23-,25-/m0/s1. The Morgan fingerprint density at radius 3 is 2.55 bits per heavy atom. The van der Waals surface area contributed by atoms with Crippen LogP contribution in [0.3, 0.4) is 0 Å². The van der Waals surface area contributed by atoms with E-state index in [1.807, 2.05) is 6.08 Å². The Labute approximate surface area is 198 Å². The predicted octanol–water partition coefficient (Wildman–Crippen LogP) is 4.48. The minimum Gasteiger partial charge on any atom is -0.462 e. The van der Waals surface area contributed by atoms with Gasteiger partial charge in [-0.1, -0.05) is 52.3 Å². The maximum Gasteiger partial charge on any atom is 0.312 e. The molecule has 0 spiro atoms. The van der Waals surface area contributed by atoms with Crippen LogP contribution < -0.4 is 0 Å². The summed E-state index contributed by atoms with van der Waals surface area (Å²) in [7, 11) is 0. The third-order valence-electron chi connectivity index (χ3n) is 8.20. The van der Waals surface area contributed by atoms with Crippen molar-refractivity contribution in [3.8, 4) is 0 Å². The Bertz CT molecular complexity index is 752. The molecule has 0 saturated carbocycles. The number of fused-ring (bicyclic) bond motifs is 1. The summed E-state index contributed by atoms with van der Waals surface area (Å²) in [5, 5.41) is 20.5. The molecule has 0 aromatic heterocycles. The summed E-state index contributed by atoms with van der Waals surface area (Å²) in [6, 6.07) is 0. The average molecular weight is 463 g/mol. The summed E-state index contributed by atoms with van der Waals surface area (Å²) in [6.07, 6.45) is 9.82. The van der Waals surface area contributed by atoms with Gasteiger partial charge in [-0.2, -0.15) is 0 Å². The van der Waals surface area contributed by atoms with Crippen molar-refractivity contribution >= 4 is 11.9 Å². The van der Waals surface area contributed by atoms with E-state index in [0.717, 1.165) is 37.7 Å². The minimum atomic E-state index is -0.635. The Kier molecular flexibility index (Phi) is 8.79. The van der Waals surface area contributed by atoms with Gasteiger partial charge in [-0.05, 0) is 49.5 Å². The summed E-state index contributed by atoms with van der Waals surface area (Å²) >= 11 is 0. The number of allylic oxidation sites excluding steroid dienone is 2. The zero-order valence-corrected chi connectivity index (χ0v) is 20.7. The molecule has 0 bridgehead atoms. The van der Waals surface area contributed by atoms with E-state index >= 15 is 0 Å². The zero-order chi connectivity index (χ0) is 24.2. The molecule has 1 heterocycles. The highest BCUT2D eigenvalue weighted by atomic mass is 16.6. The van der Waals surface area contributed by atoms with Crippen molar-refractivity contribution in [2.45, 2.75) is 110 Å². The normalized spacial score (nSPS) is 34.3. The number of carbonyl (C=O) groups excluding carboxylic acids is 2. The second-order valence-electron chi connectivity index (χ2n) is 10.3. The molecule has 33 heavy (non-hydrogen) atoms. The van der Waals surface area contributed by atoms with E-state index in [9.17, 15) is 19.8 Å². The van der Waals surface area contributed by atoms with Crippen LogP contribution in [0.25, 0.3) is 0 Å². The Balaban J connectivity index is 1.79. The number of hydrogen-bond donors (Lipinski definition) is 2. The topological polar surface area (TPSA) is 93.1 Å². The van der Waals surface area contributed by atoms with Crippen LogP contribution >= 0.6 is 0 Å². The van der Waals surface area contributed by atoms with E-state index in [-0.39, 0.29) is 48.3 Å². The lowest BCUT2D eigenvalue weighted by atomic mass is 9.66. The van der Waals surface area contributed by atoms with Crippen molar-refractivity contribution in [1.82, 2.24) is 0 Å². The highest BCUT2D eigenvalue weighted by Crippen LogP contribution is 2.45. The van der Waals surface area contributed by atoms with Crippen molar-refractivity contribution in [3.05, 3.63) is 23.8 Å². The Morgan fingerprint density at radius 1 is 1.18 bits per heavy atom. The fourth-order valence-electron chi connectivity index (χ4n) is 6.14. The summed E-state index contributed by atoms with van der Waals surface area (Å²) < 4.78 is 11.7. The molecule has 3 rings (SSSR count). The van der Waals surface area contributed by atoms with E-state index in [1.165, 1.54) is 0 Å². The Hall–Kier alpha value is -1.66. The smallest absolute Gasteiger partial charge is 0.312 e. The van der Waals surface area contributed by atoms with Gasteiger partial charge in [0.2, 0.25) is 0 Å². The molecule has 1 fully saturated rings. The lowest BCUT2D eigenvalue weighted by molar-refractivity contribution is -0.169. The fourth-order valence-corrected chi connectivity index (χ4v) is 6.14. The van der Waals surface area contributed by atoms with Crippen molar-refractivity contribution < 1.29 is 29.3 Å². The van der Waals surface area contributed by atoms with Gasteiger partial charge in [0, 0.05) is 18.8 Å². The molecule has 1 aliphatic heterocycles. The van der Waals surface area contributed by atoms with Gasteiger partial charge in [0.1, 0.15) is 12.2 Å². The lowest BCUT2D eigenvalue weighted by Crippen LogP contribution is -2.45. The van der Waals surface area contributed by atoms with E-state index in [2.05, 4.69) is 39.8 Å². The highest BCUT2D eigenvalue weighted by molar-refractivity contribution is 5.77. The van der Waals surface area contributed by atoms with Gasteiger partial charge in [-0.3, -0.25) is 9.59 Å². The quantitative estimate of drug-likeness (QED) is 0.491. The molecule has 0 amide bonds. The van der Waals surface area contributed by atoms with Crippen molar-refractivity contribution in [1.29, 1.82) is 0 Å². The number of hydrogen-bond acceptors (Lipinski definition) is 6. The first-order chi connectivity index (χ1) is 15.7. The van der Waals surface area contributed by atoms with E-state index < -0.39 is 17.6 Å². The van der Waals surface area contributed by atoms with Gasteiger partial charge in [0.15, 0.2) is 0 Å². The predicted molar refractivity (Wildman–Crippen MR) is 126 cm³/mol. The van der Waals surface area contributed by atoms with Crippen LogP contribution in [0.2, 0.25) is 0 Å². The molecule has 6 nitrogen and oxygen atoms in total. The third-order valence-corrected chi connectivity index (χ3v) is 8.20. The zero-order valence-electron chi connectivity index (χ0n) is 20.7. The Morgan fingerprint density at radius 2 is 1.91 bits per heavy atom. The van der Waals surface area contributed by atoms with E-state index in [0.29, 0.717) is 19.3 Å². The number of ether oxygens (including phenoxy) is 2. The maximum atomic E-state index is 13.4. The molecule has 0 aromatic rings. The van der Waals surface area contributed by atoms with Crippen LogP contribution in [0.15, 0.2) is 23.8 Å². The second-order valence-corrected chi connectivity index (χ2v) is 10.3. The van der Waals surface area contributed by atoms with Crippen LogP contribution in [-0.4, -0.2) is 46.6 Å². The number of aliphatic hydroxyl groups is 2. The van der Waals surface area contributed by atoms with E-state index in [4.69, 9.17) is 9.47 Å². The second kappa shape index (κ2) is 11.2. The number of carbonyl (C=O) groups is 2. The molecular weight excluding hydrogens is 420 g/mol. The number of rotatable bonds is 9. The van der Waals surface area contributed by atoms with Gasteiger partial charge in [-0.25, -0.2) is 0 Å². The molecular formula is C27H42O6. The fraction of sp³-hybridized carbons (Fsp3) is 0.778. The molecule has 0 unspecified atom stereocenters. The van der Waals surface area contributed by atoms with Gasteiger partial charge in [0.25, 0.3) is 0 Å². The first kappa shape index (κ1) is 26.0. The van der Waals surface area contributed by atoms with Gasteiger partial charge >= 0.3 is 11.9 Å². The monoisotopic (exact) mass is 462 g/mol. The molecule has 0 aromatic carbocycles. The van der Waals surface area contributed by atoms with Crippen LogP contribution in [-0.2, 0) is 19.1 Å². The molecule has 3 aliphatic rings. The summed E-state index contributed by atoms with van der Waals surface area (Å²) in [4.78, 5) is 25.2. The first-order valence-corrected chi connectivity index (χ1v) is 12.9. The SMILES string of the molecule is CCCC(CC)(CC)C(=O)O[C@H]1C[C@H](O)C=C2C=C[C@H](C)[C@H](CC[C@@H]3C[C@@H](O)CC(=O)O3)[C@H]21. The summed E-state index contributed by atoms with van der Waals surface area (Å²) in [6.45, 7) is 8.37. The molecule has 1 saturated heterocycles. The van der Waals surface area contributed by atoms with Gasteiger partial charge in [0.05, 0.1) is 24.0 Å². The molecule has 186 valence electrons. The number of aliphatic hydroxyl groups excluding tert-OH is 2. The van der Waals surface area contributed by atoms with Gasteiger partial charge in [-0.15, -0.1) is 0 Å². The summed E-state index contributed by atoms with van der Waals surface area (Å²) in [5.74, 6) is 0.00122. The van der Waals surface area contributed by atoms with Crippen LogP contribution in [0.4, 0.5) is 0 Å². The van der Waals surface area contributed by atoms with Gasteiger partial charge < -0.3 is 19.7 Å².